The molecule has 7 heteroatoms. The lowest BCUT2D eigenvalue weighted by Crippen LogP contribution is -2.31. The normalized spacial score (nSPS) is 11.4. The predicted molar refractivity (Wildman–Crippen MR) is 51.8 cm³/mol. The molecule has 1 rings (SSSR count). The number of nitrogens with zero attached hydrogens (tertiary/aromatic N) is 2. The number of alkyl halides is 3. The van der Waals surface area contributed by atoms with E-state index < -0.39 is 31.0 Å². The minimum atomic E-state index is -4.35. The highest BCUT2D eigenvalue weighted by Gasteiger charge is 2.28. The molecule has 0 atom stereocenters. The van der Waals surface area contributed by atoms with Crippen LogP contribution in [0, 0.1) is 5.95 Å². The predicted octanol–water partition coefficient (Wildman–Crippen LogP) is 2.25. The van der Waals surface area contributed by atoms with Crippen molar-refractivity contribution >= 4 is 5.91 Å². The van der Waals surface area contributed by atoms with E-state index in [1.807, 2.05) is 0 Å². The summed E-state index contributed by atoms with van der Waals surface area (Å²) in [6.45, 7) is -0.517. The Morgan fingerprint density at radius 2 is 2.12 bits per heavy atom. The minimum absolute atomic E-state index is 0.336. The number of rotatable bonds is 3. The average Bonchev–Trinajstić information content (AvgIpc) is 2.24. The van der Waals surface area contributed by atoms with Crippen molar-refractivity contribution in [3.8, 4) is 0 Å². The summed E-state index contributed by atoms with van der Waals surface area (Å²) in [7, 11) is 1.18. The van der Waals surface area contributed by atoms with Crippen molar-refractivity contribution in [1.82, 2.24) is 9.88 Å². The van der Waals surface area contributed by atoms with Crippen LogP contribution in [0.15, 0.2) is 18.3 Å². The zero-order valence-electron chi connectivity index (χ0n) is 8.96. The molecule has 0 bridgehead atoms. The smallest absolute Gasteiger partial charge is 0.341 e. The molecule has 0 aliphatic carbocycles. The van der Waals surface area contributed by atoms with Gasteiger partial charge in [0.25, 0.3) is 5.91 Å². The summed E-state index contributed by atoms with van der Waals surface area (Å²) in [5.41, 5.74) is -0.336. The molecule has 0 N–H and O–H groups in total. The van der Waals surface area contributed by atoms with Crippen molar-refractivity contribution < 1.29 is 22.4 Å². The third-order valence-corrected chi connectivity index (χ3v) is 2.07. The zero-order chi connectivity index (χ0) is 13.1. The topological polar surface area (TPSA) is 33.2 Å². The third-order valence-electron chi connectivity index (χ3n) is 2.07. The minimum Gasteiger partial charge on any atom is -0.341 e. The SMILES string of the molecule is CN(CCC(F)(F)F)C(=O)c1cccnc1F. The molecule has 1 amide bonds. The molecule has 0 radical (unpaired) electrons. The van der Waals surface area contributed by atoms with Gasteiger partial charge in [0.05, 0.1) is 12.0 Å². The summed E-state index contributed by atoms with van der Waals surface area (Å²) in [5, 5.41) is 0. The van der Waals surface area contributed by atoms with E-state index in [-0.39, 0.29) is 5.56 Å². The molecule has 0 aliphatic heterocycles. The van der Waals surface area contributed by atoms with Crippen molar-refractivity contribution in [3.63, 3.8) is 0 Å². The van der Waals surface area contributed by atoms with Crippen LogP contribution in [0.3, 0.4) is 0 Å². The fraction of sp³-hybridized carbons (Fsp3) is 0.400. The fourth-order valence-electron chi connectivity index (χ4n) is 1.15. The summed E-state index contributed by atoms with van der Waals surface area (Å²) >= 11 is 0. The molecule has 3 nitrogen and oxygen atoms in total. The highest BCUT2D eigenvalue weighted by molar-refractivity contribution is 5.93. The molecule has 1 aromatic rings. The number of carbonyl (C=O) groups excluding carboxylic acids is 1. The number of carbonyl (C=O) groups is 1. The summed E-state index contributed by atoms with van der Waals surface area (Å²) < 4.78 is 48.9. The van der Waals surface area contributed by atoms with Crippen LogP contribution in [0.25, 0.3) is 0 Å². The van der Waals surface area contributed by atoms with E-state index >= 15 is 0 Å². The van der Waals surface area contributed by atoms with Crippen LogP contribution < -0.4 is 0 Å². The van der Waals surface area contributed by atoms with Crippen LogP contribution in [-0.2, 0) is 0 Å². The molecule has 0 saturated heterocycles. The first-order chi connectivity index (χ1) is 7.81. The molecule has 1 aromatic heterocycles. The van der Waals surface area contributed by atoms with Crippen LogP contribution in [0.5, 0.6) is 0 Å². The molecule has 0 saturated carbocycles. The van der Waals surface area contributed by atoms with E-state index in [0.29, 0.717) is 0 Å². The first-order valence-electron chi connectivity index (χ1n) is 4.74. The maximum Gasteiger partial charge on any atom is 0.390 e. The number of hydrogen-bond donors (Lipinski definition) is 0. The fourth-order valence-corrected chi connectivity index (χ4v) is 1.15. The van der Waals surface area contributed by atoms with Crippen molar-refractivity contribution in [3.05, 3.63) is 29.8 Å². The number of hydrogen-bond acceptors (Lipinski definition) is 2. The molecule has 0 aromatic carbocycles. The van der Waals surface area contributed by atoms with Gasteiger partial charge in [-0.1, -0.05) is 0 Å². The third kappa shape index (κ3) is 4.01. The Labute approximate surface area is 95.1 Å². The molecule has 0 aliphatic rings. The molecular weight excluding hydrogens is 240 g/mol. The molecule has 17 heavy (non-hydrogen) atoms. The Morgan fingerprint density at radius 1 is 1.47 bits per heavy atom. The molecular formula is C10H10F4N2O. The number of amides is 1. The summed E-state index contributed by atoms with van der Waals surface area (Å²) in [5.74, 6) is -1.81. The Balaban J connectivity index is 2.68. The summed E-state index contributed by atoms with van der Waals surface area (Å²) in [4.78, 5) is 15.6. The van der Waals surface area contributed by atoms with E-state index in [4.69, 9.17) is 0 Å². The number of halogens is 4. The molecule has 0 fully saturated rings. The maximum atomic E-state index is 13.1. The lowest BCUT2D eigenvalue weighted by molar-refractivity contribution is -0.136. The Hall–Kier alpha value is -1.66. The van der Waals surface area contributed by atoms with Crippen molar-refractivity contribution in [1.29, 1.82) is 0 Å². The van der Waals surface area contributed by atoms with Gasteiger partial charge >= 0.3 is 6.18 Å². The van der Waals surface area contributed by atoms with Gasteiger partial charge in [-0.3, -0.25) is 4.79 Å². The van der Waals surface area contributed by atoms with Crippen LogP contribution in [0.1, 0.15) is 16.8 Å². The first kappa shape index (κ1) is 13.4. The monoisotopic (exact) mass is 250 g/mol. The van der Waals surface area contributed by atoms with Crippen LogP contribution >= 0.6 is 0 Å². The number of pyridine rings is 1. The second kappa shape index (κ2) is 5.11. The largest absolute Gasteiger partial charge is 0.390 e. The highest BCUT2D eigenvalue weighted by atomic mass is 19.4. The maximum absolute atomic E-state index is 13.1. The second-order valence-electron chi connectivity index (χ2n) is 3.43. The van der Waals surface area contributed by atoms with Gasteiger partial charge in [0.1, 0.15) is 0 Å². The van der Waals surface area contributed by atoms with Gasteiger partial charge < -0.3 is 4.90 Å². The van der Waals surface area contributed by atoms with E-state index in [9.17, 15) is 22.4 Å². The van der Waals surface area contributed by atoms with E-state index in [2.05, 4.69) is 4.98 Å². The van der Waals surface area contributed by atoms with Gasteiger partial charge in [-0.05, 0) is 12.1 Å². The quantitative estimate of drug-likeness (QED) is 0.609. The number of aromatic nitrogens is 1. The standard InChI is InChI=1S/C10H10F4N2O/c1-16(6-4-10(12,13)14)9(17)7-3-2-5-15-8(7)11/h2-3,5H,4,6H2,1H3. The lowest BCUT2D eigenvalue weighted by atomic mass is 10.2. The average molecular weight is 250 g/mol. The van der Waals surface area contributed by atoms with Gasteiger partial charge in [0, 0.05) is 19.8 Å². The van der Waals surface area contributed by atoms with Gasteiger partial charge in [-0.2, -0.15) is 17.6 Å². The molecule has 0 unspecified atom stereocenters. The van der Waals surface area contributed by atoms with Crippen molar-refractivity contribution in [2.45, 2.75) is 12.6 Å². The Morgan fingerprint density at radius 3 is 2.65 bits per heavy atom. The molecule has 94 valence electrons. The van der Waals surface area contributed by atoms with Gasteiger partial charge in [0.15, 0.2) is 0 Å². The second-order valence-corrected chi connectivity index (χ2v) is 3.43. The van der Waals surface area contributed by atoms with E-state index in [0.717, 1.165) is 11.1 Å². The Kier molecular flexibility index (Phi) is 4.03. The van der Waals surface area contributed by atoms with Crippen molar-refractivity contribution in [2.75, 3.05) is 13.6 Å². The van der Waals surface area contributed by atoms with Gasteiger partial charge in [-0.25, -0.2) is 4.98 Å². The molecule has 0 spiro atoms. The first-order valence-corrected chi connectivity index (χ1v) is 4.74. The van der Waals surface area contributed by atoms with Crippen LogP contribution in [0.2, 0.25) is 0 Å². The van der Waals surface area contributed by atoms with Gasteiger partial charge in [-0.15, -0.1) is 0 Å². The lowest BCUT2D eigenvalue weighted by Gasteiger charge is -2.18. The zero-order valence-corrected chi connectivity index (χ0v) is 8.96. The highest BCUT2D eigenvalue weighted by Crippen LogP contribution is 2.20. The molecule has 1 heterocycles. The van der Waals surface area contributed by atoms with Crippen molar-refractivity contribution in [2.24, 2.45) is 0 Å². The van der Waals surface area contributed by atoms with E-state index in [1.165, 1.54) is 19.2 Å². The van der Waals surface area contributed by atoms with Gasteiger partial charge in [0.2, 0.25) is 5.95 Å². The van der Waals surface area contributed by atoms with E-state index in [1.54, 1.807) is 0 Å². The Bertz CT molecular complexity index is 406. The van der Waals surface area contributed by atoms with Crippen LogP contribution in [-0.4, -0.2) is 35.6 Å². The summed E-state index contributed by atoms with van der Waals surface area (Å²) in [6.07, 6.45) is -4.32. The summed E-state index contributed by atoms with van der Waals surface area (Å²) in [6, 6.07) is 2.52. The van der Waals surface area contributed by atoms with Crippen LogP contribution in [0.4, 0.5) is 17.6 Å².